The topological polar surface area (TPSA) is 61.3 Å². The summed E-state index contributed by atoms with van der Waals surface area (Å²) in [6, 6.07) is 15.2. The van der Waals surface area contributed by atoms with Crippen LogP contribution in [0.25, 0.3) is 11.0 Å². The van der Waals surface area contributed by atoms with E-state index in [9.17, 15) is 4.79 Å². The monoisotopic (exact) mass is 364 g/mol. The van der Waals surface area contributed by atoms with E-state index >= 15 is 0 Å². The van der Waals surface area contributed by atoms with E-state index in [0.717, 1.165) is 29.5 Å². The second kappa shape index (κ2) is 8.62. The lowest BCUT2D eigenvalue weighted by molar-refractivity contribution is 0.0914. The Hall–Kier alpha value is -2.95. The second-order valence-corrected chi connectivity index (χ2v) is 6.51. The third kappa shape index (κ3) is 4.61. The van der Waals surface area contributed by atoms with E-state index in [2.05, 4.69) is 29.9 Å². The Labute approximate surface area is 159 Å². The van der Waals surface area contributed by atoms with Crippen molar-refractivity contribution in [2.24, 2.45) is 0 Å². The van der Waals surface area contributed by atoms with Gasteiger partial charge < -0.3 is 9.47 Å². The standard InChI is InChI=1S/C22H24N2O3/c1-4-17(5-2)19-13-15(3)23-21-18(19)11-12-20(24-21)27-22(25)26-14-16-9-7-6-8-10-16/h6-13,17H,4-5,14H2,1-3H3. The van der Waals surface area contributed by atoms with E-state index in [1.165, 1.54) is 5.56 Å². The van der Waals surface area contributed by atoms with Crippen LogP contribution < -0.4 is 4.74 Å². The number of pyridine rings is 2. The molecule has 0 unspecified atom stereocenters. The number of aromatic nitrogens is 2. The molecule has 0 bridgehead atoms. The van der Waals surface area contributed by atoms with Crippen molar-refractivity contribution in [1.29, 1.82) is 0 Å². The molecule has 0 atom stereocenters. The van der Waals surface area contributed by atoms with Gasteiger partial charge in [0.05, 0.1) is 0 Å². The first-order valence-corrected chi connectivity index (χ1v) is 9.27. The number of carbonyl (C=O) groups excluding carboxylic acids is 1. The molecule has 0 saturated carbocycles. The smallest absolute Gasteiger partial charge is 0.429 e. The normalized spacial score (nSPS) is 11.0. The predicted octanol–water partition coefficient (Wildman–Crippen LogP) is 5.56. The average molecular weight is 364 g/mol. The van der Waals surface area contributed by atoms with Crippen LogP contribution in [0.5, 0.6) is 5.88 Å². The van der Waals surface area contributed by atoms with E-state index in [1.807, 2.05) is 43.3 Å². The number of aryl methyl sites for hydroxylation is 1. The third-order valence-corrected chi connectivity index (χ3v) is 4.62. The van der Waals surface area contributed by atoms with Gasteiger partial charge in [-0.1, -0.05) is 44.2 Å². The van der Waals surface area contributed by atoms with Crippen molar-refractivity contribution in [1.82, 2.24) is 9.97 Å². The van der Waals surface area contributed by atoms with Crippen LogP contribution in [-0.2, 0) is 11.3 Å². The number of rotatable bonds is 6. The summed E-state index contributed by atoms with van der Waals surface area (Å²) in [4.78, 5) is 20.9. The summed E-state index contributed by atoms with van der Waals surface area (Å²) in [5.41, 5.74) is 3.63. The van der Waals surface area contributed by atoms with E-state index in [0.29, 0.717) is 11.6 Å². The van der Waals surface area contributed by atoms with Crippen LogP contribution in [-0.4, -0.2) is 16.1 Å². The molecule has 2 aromatic heterocycles. The summed E-state index contributed by atoms with van der Waals surface area (Å²) in [6.45, 7) is 6.48. The third-order valence-electron chi connectivity index (χ3n) is 4.62. The van der Waals surface area contributed by atoms with Gasteiger partial charge in [0.1, 0.15) is 6.61 Å². The summed E-state index contributed by atoms with van der Waals surface area (Å²) >= 11 is 0. The number of hydrogen-bond donors (Lipinski definition) is 0. The van der Waals surface area contributed by atoms with Crippen LogP contribution in [0, 0.1) is 6.92 Å². The maximum atomic E-state index is 12.0. The van der Waals surface area contributed by atoms with Gasteiger partial charge in [0.25, 0.3) is 0 Å². The number of hydrogen-bond acceptors (Lipinski definition) is 5. The average Bonchev–Trinajstić information content (AvgIpc) is 2.68. The molecule has 3 aromatic rings. The number of benzene rings is 1. The Bertz CT molecular complexity index is 921. The Morgan fingerprint density at radius 3 is 2.48 bits per heavy atom. The molecule has 140 valence electrons. The number of nitrogens with zero attached hydrogens (tertiary/aromatic N) is 2. The van der Waals surface area contributed by atoms with E-state index in [1.54, 1.807) is 6.07 Å². The molecule has 0 aliphatic rings. The molecule has 0 spiro atoms. The lowest BCUT2D eigenvalue weighted by atomic mass is 9.91. The van der Waals surface area contributed by atoms with E-state index in [-0.39, 0.29) is 12.5 Å². The molecular weight excluding hydrogens is 340 g/mol. The Morgan fingerprint density at radius 1 is 1.04 bits per heavy atom. The molecular formula is C22H24N2O3. The lowest BCUT2D eigenvalue weighted by Crippen LogP contribution is -2.11. The molecule has 0 aliphatic heterocycles. The molecule has 0 N–H and O–H groups in total. The first-order valence-electron chi connectivity index (χ1n) is 9.27. The van der Waals surface area contributed by atoms with Crippen LogP contribution in [0.2, 0.25) is 0 Å². The van der Waals surface area contributed by atoms with Crippen LogP contribution in [0.1, 0.15) is 49.4 Å². The quantitative estimate of drug-likeness (QED) is 0.536. The van der Waals surface area contributed by atoms with Crippen molar-refractivity contribution < 1.29 is 14.3 Å². The maximum absolute atomic E-state index is 12.0. The van der Waals surface area contributed by atoms with Gasteiger partial charge in [-0.15, -0.1) is 0 Å². The first-order chi connectivity index (χ1) is 13.1. The summed E-state index contributed by atoms with van der Waals surface area (Å²) in [5, 5.41) is 0.999. The zero-order chi connectivity index (χ0) is 19.2. The molecule has 27 heavy (non-hydrogen) atoms. The van der Waals surface area contributed by atoms with Gasteiger partial charge in [-0.3, -0.25) is 0 Å². The van der Waals surface area contributed by atoms with Crippen molar-refractivity contribution in [2.45, 2.75) is 46.1 Å². The number of fused-ring (bicyclic) bond motifs is 1. The number of ether oxygens (including phenoxy) is 2. The zero-order valence-electron chi connectivity index (χ0n) is 15.9. The minimum atomic E-state index is -0.779. The highest BCUT2D eigenvalue weighted by Crippen LogP contribution is 2.30. The van der Waals surface area contributed by atoms with Crippen molar-refractivity contribution in [3.8, 4) is 5.88 Å². The molecule has 2 heterocycles. The fourth-order valence-electron chi connectivity index (χ4n) is 3.20. The Balaban J connectivity index is 1.77. The SMILES string of the molecule is CCC(CC)c1cc(C)nc2nc(OC(=O)OCc3ccccc3)ccc12. The molecule has 5 nitrogen and oxygen atoms in total. The molecule has 5 heteroatoms. The van der Waals surface area contributed by atoms with Crippen molar-refractivity contribution in [2.75, 3.05) is 0 Å². The fraction of sp³-hybridized carbons (Fsp3) is 0.318. The molecule has 0 radical (unpaired) electrons. The van der Waals surface area contributed by atoms with Gasteiger partial charge in [0, 0.05) is 17.1 Å². The highest BCUT2D eigenvalue weighted by molar-refractivity contribution is 5.80. The second-order valence-electron chi connectivity index (χ2n) is 6.51. The largest absolute Gasteiger partial charge is 0.515 e. The summed E-state index contributed by atoms with van der Waals surface area (Å²) in [5.74, 6) is 0.646. The van der Waals surface area contributed by atoms with Crippen LogP contribution in [0.3, 0.4) is 0 Å². The van der Waals surface area contributed by atoms with Gasteiger partial charge in [-0.2, -0.15) is 4.98 Å². The van der Waals surface area contributed by atoms with Crippen molar-refractivity contribution in [3.05, 3.63) is 65.4 Å². The molecule has 0 saturated heterocycles. The van der Waals surface area contributed by atoms with Gasteiger partial charge in [0.2, 0.25) is 5.88 Å². The Morgan fingerprint density at radius 2 is 1.78 bits per heavy atom. The first kappa shape index (κ1) is 18.8. The van der Waals surface area contributed by atoms with Crippen molar-refractivity contribution in [3.63, 3.8) is 0 Å². The van der Waals surface area contributed by atoms with Crippen molar-refractivity contribution >= 4 is 17.2 Å². The van der Waals surface area contributed by atoms with Gasteiger partial charge in [0.15, 0.2) is 5.65 Å². The highest BCUT2D eigenvalue weighted by atomic mass is 16.7. The molecule has 1 aromatic carbocycles. The summed E-state index contributed by atoms with van der Waals surface area (Å²) < 4.78 is 10.4. The van der Waals surface area contributed by atoms with Gasteiger partial charge in [-0.05, 0) is 48.9 Å². The van der Waals surface area contributed by atoms with E-state index < -0.39 is 6.16 Å². The number of carbonyl (C=O) groups is 1. The fourth-order valence-corrected chi connectivity index (χ4v) is 3.20. The van der Waals surface area contributed by atoms with Gasteiger partial charge in [-0.25, -0.2) is 9.78 Å². The molecule has 0 fully saturated rings. The zero-order valence-corrected chi connectivity index (χ0v) is 15.9. The van der Waals surface area contributed by atoms with Gasteiger partial charge >= 0.3 is 6.16 Å². The molecule has 0 amide bonds. The van der Waals surface area contributed by atoms with Crippen LogP contribution in [0.4, 0.5) is 4.79 Å². The summed E-state index contributed by atoms with van der Waals surface area (Å²) in [7, 11) is 0. The Kier molecular flexibility index (Phi) is 6.01. The van der Waals surface area contributed by atoms with Crippen LogP contribution in [0.15, 0.2) is 48.5 Å². The molecule has 3 rings (SSSR count). The highest BCUT2D eigenvalue weighted by Gasteiger charge is 2.15. The van der Waals surface area contributed by atoms with Crippen LogP contribution >= 0.6 is 0 Å². The maximum Gasteiger partial charge on any atom is 0.515 e. The minimum Gasteiger partial charge on any atom is -0.429 e. The predicted molar refractivity (Wildman–Crippen MR) is 105 cm³/mol. The summed E-state index contributed by atoms with van der Waals surface area (Å²) in [6.07, 6.45) is 1.33. The lowest BCUT2D eigenvalue weighted by Gasteiger charge is -2.16. The van der Waals surface area contributed by atoms with E-state index in [4.69, 9.17) is 9.47 Å². The molecule has 0 aliphatic carbocycles. The minimum absolute atomic E-state index is 0.156.